The second-order valence-electron chi connectivity index (χ2n) is 4.34. The van der Waals surface area contributed by atoms with E-state index >= 15 is 0 Å². The Bertz CT molecular complexity index is 347. The van der Waals surface area contributed by atoms with Crippen LogP contribution in [0.15, 0.2) is 11.6 Å². The molecule has 0 radical (unpaired) electrons. The molecule has 96 valence electrons. The third-order valence-electron chi connectivity index (χ3n) is 3.16. The van der Waals surface area contributed by atoms with E-state index in [1.165, 1.54) is 0 Å². The smallest absolute Gasteiger partial charge is 0.240 e. The van der Waals surface area contributed by atoms with Gasteiger partial charge in [0, 0.05) is 24.0 Å². The molecule has 4 nitrogen and oxygen atoms in total. The summed E-state index contributed by atoms with van der Waals surface area (Å²) < 4.78 is 0. The fourth-order valence-electron chi connectivity index (χ4n) is 1.56. The third-order valence-corrected chi connectivity index (χ3v) is 4.16. The minimum absolute atomic E-state index is 0.0640. The standard InChI is InChI=1S/C12H21N3OS/c1-4-12(13,5-2)11(16)15-8-9(3)10-14-6-7-17-10/h6-7,9H,4-5,8,13H2,1-3H3,(H,15,16). The average Bonchev–Trinajstić information content (AvgIpc) is 2.88. The lowest BCUT2D eigenvalue weighted by Crippen LogP contribution is -2.53. The van der Waals surface area contributed by atoms with Crippen molar-refractivity contribution in [3.63, 3.8) is 0 Å². The number of rotatable bonds is 6. The van der Waals surface area contributed by atoms with E-state index in [1.54, 1.807) is 17.5 Å². The minimum atomic E-state index is -0.734. The lowest BCUT2D eigenvalue weighted by Gasteiger charge is -2.25. The molecule has 0 saturated carbocycles. The van der Waals surface area contributed by atoms with Crippen molar-refractivity contribution in [2.24, 2.45) is 5.73 Å². The summed E-state index contributed by atoms with van der Waals surface area (Å²) in [4.78, 5) is 16.2. The number of thiazole rings is 1. The van der Waals surface area contributed by atoms with Crippen molar-refractivity contribution in [2.75, 3.05) is 6.54 Å². The maximum Gasteiger partial charge on any atom is 0.240 e. The van der Waals surface area contributed by atoms with Crippen LogP contribution in [0.4, 0.5) is 0 Å². The van der Waals surface area contributed by atoms with Gasteiger partial charge < -0.3 is 11.1 Å². The normalized spacial score (nSPS) is 13.4. The van der Waals surface area contributed by atoms with Crippen molar-refractivity contribution in [2.45, 2.75) is 45.1 Å². The van der Waals surface area contributed by atoms with E-state index in [9.17, 15) is 4.79 Å². The van der Waals surface area contributed by atoms with Crippen LogP contribution in [0.5, 0.6) is 0 Å². The molecule has 0 spiro atoms. The Morgan fingerprint density at radius 2 is 2.24 bits per heavy atom. The van der Waals surface area contributed by atoms with Gasteiger partial charge in [-0.2, -0.15) is 0 Å². The highest BCUT2D eigenvalue weighted by Crippen LogP contribution is 2.17. The lowest BCUT2D eigenvalue weighted by atomic mass is 9.93. The van der Waals surface area contributed by atoms with Crippen LogP contribution in [0.2, 0.25) is 0 Å². The predicted molar refractivity (Wildman–Crippen MR) is 71.0 cm³/mol. The molecule has 1 amide bonds. The van der Waals surface area contributed by atoms with Gasteiger partial charge >= 0.3 is 0 Å². The summed E-state index contributed by atoms with van der Waals surface area (Å²) in [6.07, 6.45) is 3.09. The number of nitrogens with zero attached hydrogens (tertiary/aromatic N) is 1. The zero-order valence-corrected chi connectivity index (χ0v) is 11.5. The topological polar surface area (TPSA) is 68.0 Å². The average molecular weight is 255 g/mol. The molecule has 1 aromatic heterocycles. The molecule has 1 atom stereocenters. The molecular formula is C12H21N3OS. The maximum absolute atomic E-state index is 11.9. The molecule has 17 heavy (non-hydrogen) atoms. The van der Waals surface area contributed by atoms with Crippen LogP contribution in [0.1, 0.15) is 44.5 Å². The molecule has 1 unspecified atom stereocenters. The van der Waals surface area contributed by atoms with Crippen LogP contribution in [-0.2, 0) is 4.79 Å². The lowest BCUT2D eigenvalue weighted by molar-refractivity contribution is -0.126. The number of nitrogens with one attached hydrogen (secondary N) is 1. The van der Waals surface area contributed by atoms with E-state index in [4.69, 9.17) is 5.73 Å². The fourth-order valence-corrected chi connectivity index (χ4v) is 2.26. The van der Waals surface area contributed by atoms with Crippen LogP contribution in [-0.4, -0.2) is 23.0 Å². The molecule has 0 bridgehead atoms. The van der Waals surface area contributed by atoms with Gasteiger partial charge in [-0.1, -0.05) is 20.8 Å². The van der Waals surface area contributed by atoms with E-state index in [1.807, 2.05) is 19.2 Å². The SMILES string of the molecule is CCC(N)(CC)C(=O)NCC(C)c1nccs1. The van der Waals surface area contributed by atoms with Crippen LogP contribution in [0.25, 0.3) is 0 Å². The number of nitrogens with two attached hydrogens (primary N) is 1. The van der Waals surface area contributed by atoms with Crippen LogP contribution >= 0.6 is 11.3 Å². The zero-order valence-electron chi connectivity index (χ0n) is 10.7. The first kappa shape index (κ1) is 14.1. The number of carbonyl (C=O) groups excluding carboxylic acids is 1. The van der Waals surface area contributed by atoms with Gasteiger partial charge in [-0.25, -0.2) is 4.98 Å². The molecular weight excluding hydrogens is 234 g/mol. The van der Waals surface area contributed by atoms with E-state index < -0.39 is 5.54 Å². The summed E-state index contributed by atoms with van der Waals surface area (Å²) in [7, 11) is 0. The van der Waals surface area contributed by atoms with Gasteiger partial charge in [0.2, 0.25) is 5.91 Å². The summed E-state index contributed by atoms with van der Waals surface area (Å²) in [5.41, 5.74) is 5.29. The maximum atomic E-state index is 11.9. The van der Waals surface area contributed by atoms with Gasteiger partial charge in [0.1, 0.15) is 0 Å². The van der Waals surface area contributed by atoms with E-state index in [0.717, 1.165) is 5.01 Å². The van der Waals surface area contributed by atoms with E-state index in [-0.39, 0.29) is 11.8 Å². The van der Waals surface area contributed by atoms with Gasteiger partial charge in [0.05, 0.1) is 10.5 Å². The summed E-state index contributed by atoms with van der Waals surface area (Å²) in [6.45, 7) is 6.52. The Morgan fingerprint density at radius 1 is 1.59 bits per heavy atom. The van der Waals surface area contributed by atoms with Gasteiger partial charge in [-0.3, -0.25) is 4.79 Å². The van der Waals surface area contributed by atoms with Gasteiger partial charge in [-0.05, 0) is 12.8 Å². The van der Waals surface area contributed by atoms with Crippen molar-refractivity contribution >= 4 is 17.2 Å². The van der Waals surface area contributed by atoms with Crippen LogP contribution in [0, 0.1) is 0 Å². The Balaban J connectivity index is 2.48. The Morgan fingerprint density at radius 3 is 2.71 bits per heavy atom. The second-order valence-corrected chi connectivity index (χ2v) is 5.27. The number of amides is 1. The molecule has 3 N–H and O–H groups in total. The zero-order chi connectivity index (χ0) is 12.9. The van der Waals surface area contributed by atoms with Gasteiger partial charge in [0.25, 0.3) is 0 Å². The number of carbonyl (C=O) groups is 1. The van der Waals surface area contributed by atoms with Crippen molar-refractivity contribution in [3.05, 3.63) is 16.6 Å². The first-order chi connectivity index (χ1) is 8.03. The molecule has 0 aliphatic rings. The molecule has 0 saturated heterocycles. The summed E-state index contributed by atoms with van der Waals surface area (Å²) in [5, 5.41) is 5.90. The van der Waals surface area contributed by atoms with E-state index in [0.29, 0.717) is 19.4 Å². The Labute approximate surface area is 107 Å². The van der Waals surface area contributed by atoms with E-state index in [2.05, 4.69) is 17.2 Å². The predicted octanol–water partition coefficient (Wildman–Crippen LogP) is 1.88. The highest BCUT2D eigenvalue weighted by molar-refractivity contribution is 7.09. The van der Waals surface area contributed by atoms with Gasteiger partial charge in [-0.15, -0.1) is 11.3 Å². The first-order valence-corrected chi connectivity index (χ1v) is 6.88. The number of hydrogen-bond acceptors (Lipinski definition) is 4. The summed E-state index contributed by atoms with van der Waals surface area (Å²) in [6, 6.07) is 0. The molecule has 5 heteroatoms. The molecule has 1 aromatic rings. The molecule has 0 aliphatic heterocycles. The first-order valence-electron chi connectivity index (χ1n) is 6.00. The number of aromatic nitrogens is 1. The third kappa shape index (κ3) is 3.51. The Hall–Kier alpha value is -0.940. The quantitative estimate of drug-likeness (QED) is 0.815. The number of hydrogen-bond donors (Lipinski definition) is 2. The molecule has 0 aromatic carbocycles. The van der Waals surface area contributed by atoms with Crippen LogP contribution < -0.4 is 11.1 Å². The fraction of sp³-hybridized carbons (Fsp3) is 0.667. The van der Waals surface area contributed by atoms with Crippen molar-refractivity contribution in [3.8, 4) is 0 Å². The Kier molecular flexibility index (Phi) is 5.08. The van der Waals surface area contributed by atoms with Crippen molar-refractivity contribution in [1.82, 2.24) is 10.3 Å². The second kappa shape index (κ2) is 6.12. The minimum Gasteiger partial charge on any atom is -0.354 e. The monoisotopic (exact) mass is 255 g/mol. The van der Waals surface area contributed by atoms with Crippen molar-refractivity contribution < 1.29 is 4.79 Å². The highest BCUT2D eigenvalue weighted by Gasteiger charge is 2.29. The summed E-state index contributed by atoms with van der Waals surface area (Å²) >= 11 is 1.61. The highest BCUT2D eigenvalue weighted by atomic mass is 32.1. The van der Waals surface area contributed by atoms with Crippen molar-refractivity contribution in [1.29, 1.82) is 0 Å². The molecule has 1 heterocycles. The van der Waals surface area contributed by atoms with Gasteiger partial charge in [0.15, 0.2) is 0 Å². The summed E-state index contributed by atoms with van der Waals surface area (Å²) in [5.74, 6) is 0.169. The van der Waals surface area contributed by atoms with Crippen LogP contribution in [0.3, 0.4) is 0 Å². The largest absolute Gasteiger partial charge is 0.354 e. The molecule has 0 fully saturated rings. The molecule has 1 rings (SSSR count). The molecule has 0 aliphatic carbocycles.